The minimum absolute atomic E-state index is 0.384. The zero-order chi connectivity index (χ0) is 10.8. The van der Waals surface area contributed by atoms with Crippen molar-refractivity contribution < 1.29 is 4.74 Å². The molecule has 0 saturated heterocycles. The van der Waals surface area contributed by atoms with Gasteiger partial charge in [-0.05, 0) is 35.5 Å². The number of nitrogens with two attached hydrogens (primary N) is 1. The average Bonchev–Trinajstić information content (AvgIpc) is 2.71. The van der Waals surface area contributed by atoms with Crippen LogP contribution in [0.25, 0.3) is 10.1 Å². The predicted octanol–water partition coefficient (Wildman–Crippen LogP) is 2.97. The lowest BCUT2D eigenvalue weighted by Gasteiger charge is -2.09. The van der Waals surface area contributed by atoms with Crippen LogP contribution in [0.3, 0.4) is 0 Å². The van der Waals surface area contributed by atoms with Gasteiger partial charge < -0.3 is 10.5 Å². The summed E-state index contributed by atoms with van der Waals surface area (Å²) in [7, 11) is 1.71. The standard InChI is InChI=1S/C12H15NOS/c1-8(6-13)9-7-15-11-5-3-4-10(14-2)12(9)11/h3-5,7-8H,6,13H2,1-2H3. The van der Waals surface area contributed by atoms with Crippen LogP contribution in [-0.2, 0) is 0 Å². The first-order valence-corrected chi connectivity index (χ1v) is 5.90. The fourth-order valence-corrected chi connectivity index (χ4v) is 2.84. The van der Waals surface area contributed by atoms with Gasteiger partial charge in [0.25, 0.3) is 0 Å². The highest BCUT2D eigenvalue weighted by molar-refractivity contribution is 7.17. The Morgan fingerprint density at radius 3 is 2.93 bits per heavy atom. The summed E-state index contributed by atoms with van der Waals surface area (Å²) in [6.45, 7) is 2.82. The van der Waals surface area contributed by atoms with E-state index in [4.69, 9.17) is 10.5 Å². The molecule has 15 heavy (non-hydrogen) atoms. The molecule has 0 fully saturated rings. The number of ether oxygens (including phenoxy) is 1. The van der Waals surface area contributed by atoms with Gasteiger partial charge in [-0.1, -0.05) is 13.0 Å². The van der Waals surface area contributed by atoms with Crippen molar-refractivity contribution in [3.63, 3.8) is 0 Å². The largest absolute Gasteiger partial charge is 0.496 e. The highest BCUT2D eigenvalue weighted by Gasteiger charge is 2.13. The molecule has 1 heterocycles. The van der Waals surface area contributed by atoms with Gasteiger partial charge in [0.1, 0.15) is 5.75 Å². The van der Waals surface area contributed by atoms with Crippen LogP contribution in [0.2, 0.25) is 0 Å². The number of methoxy groups -OCH3 is 1. The lowest BCUT2D eigenvalue weighted by Crippen LogP contribution is -2.08. The molecule has 0 amide bonds. The summed E-state index contributed by atoms with van der Waals surface area (Å²) in [5.41, 5.74) is 7.01. The Kier molecular flexibility index (Phi) is 2.93. The summed E-state index contributed by atoms with van der Waals surface area (Å²) >= 11 is 1.75. The molecule has 80 valence electrons. The van der Waals surface area contributed by atoms with Gasteiger partial charge in [-0.2, -0.15) is 0 Å². The SMILES string of the molecule is COc1cccc2scc(C(C)CN)c12. The van der Waals surface area contributed by atoms with Gasteiger partial charge in [0.15, 0.2) is 0 Å². The fourth-order valence-electron chi connectivity index (χ4n) is 1.74. The van der Waals surface area contributed by atoms with Crippen molar-refractivity contribution in [1.82, 2.24) is 0 Å². The van der Waals surface area contributed by atoms with E-state index in [0.717, 1.165) is 5.75 Å². The first-order chi connectivity index (χ1) is 7.27. The van der Waals surface area contributed by atoms with E-state index in [2.05, 4.69) is 18.4 Å². The summed E-state index contributed by atoms with van der Waals surface area (Å²) in [5.74, 6) is 1.33. The molecule has 3 heteroatoms. The number of hydrogen-bond donors (Lipinski definition) is 1. The zero-order valence-electron chi connectivity index (χ0n) is 8.99. The maximum atomic E-state index is 5.71. The van der Waals surface area contributed by atoms with Crippen molar-refractivity contribution in [1.29, 1.82) is 0 Å². The third kappa shape index (κ3) is 1.73. The molecule has 0 aliphatic rings. The van der Waals surface area contributed by atoms with E-state index in [-0.39, 0.29) is 0 Å². The van der Waals surface area contributed by atoms with Gasteiger partial charge >= 0.3 is 0 Å². The van der Waals surface area contributed by atoms with Crippen molar-refractivity contribution in [2.45, 2.75) is 12.8 Å². The van der Waals surface area contributed by atoms with E-state index in [1.807, 2.05) is 12.1 Å². The Labute approximate surface area is 93.7 Å². The Hall–Kier alpha value is -1.06. The van der Waals surface area contributed by atoms with Crippen LogP contribution >= 0.6 is 11.3 Å². The first kappa shape index (κ1) is 10.5. The van der Waals surface area contributed by atoms with Crippen molar-refractivity contribution in [2.24, 2.45) is 5.73 Å². The summed E-state index contributed by atoms with van der Waals surface area (Å²) in [6.07, 6.45) is 0. The molecule has 0 aliphatic heterocycles. The molecular weight excluding hydrogens is 206 g/mol. The van der Waals surface area contributed by atoms with Crippen LogP contribution in [0.4, 0.5) is 0 Å². The topological polar surface area (TPSA) is 35.2 Å². The van der Waals surface area contributed by atoms with Crippen LogP contribution < -0.4 is 10.5 Å². The van der Waals surface area contributed by atoms with Crippen LogP contribution in [0.1, 0.15) is 18.4 Å². The average molecular weight is 221 g/mol. The molecule has 0 saturated carbocycles. The molecule has 1 unspecified atom stereocenters. The van der Waals surface area contributed by atoms with Gasteiger partial charge in [0, 0.05) is 10.1 Å². The van der Waals surface area contributed by atoms with Gasteiger partial charge in [-0.15, -0.1) is 11.3 Å². The number of hydrogen-bond acceptors (Lipinski definition) is 3. The highest BCUT2D eigenvalue weighted by Crippen LogP contribution is 2.36. The van der Waals surface area contributed by atoms with E-state index in [1.165, 1.54) is 15.6 Å². The van der Waals surface area contributed by atoms with Gasteiger partial charge in [0.2, 0.25) is 0 Å². The molecule has 2 nitrogen and oxygen atoms in total. The summed E-state index contributed by atoms with van der Waals surface area (Å²) in [4.78, 5) is 0. The third-order valence-corrected chi connectivity index (χ3v) is 3.66. The maximum absolute atomic E-state index is 5.71. The van der Waals surface area contributed by atoms with Crippen molar-refractivity contribution >= 4 is 21.4 Å². The van der Waals surface area contributed by atoms with E-state index >= 15 is 0 Å². The molecule has 0 bridgehead atoms. The molecule has 1 aromatic heterocycles. The monoisotopic (exact) mass is 221 g/mol. The molecule has 0 radical (unpaired) electrons. The van der Waals surface area contributed by atoms with E-state index in [1.54, 1.807) is 18.4 Å². The van der Waals surface area contributed by atoms with Crippen LogP contribution in [0.5, 0.6) is 5.75 Å². The maximum Gasteiger partial charge on any atom is 0.127 e. The zero-order valence-corrected chi connectivity index (χ0v) is 9.80. The third-order valence-electron chi connectivity index (χ3n) is 2.69. The van der Waals surface area contributed by atoms with E-state index in [9.17, 15) is 0 Å². The van der Waals surface area contributed by atoms with E-state index in [0.29, 0.717) is 12.5 Å². The molecule has 2 aromatic rings. The molecule has 1 aromatic carbocycles. The molecule has 0 spiro atoms. The number of rotatable bonds is 3. The first-order valence-electron chi connectivity index (χ1n) is 5.02. The molecule has 2 rings (SSSR count). The lowest BCUT2D eigenvalue weighted by molar-refractivity contribution is 0.419. The van der Waals surface area contributed by atoms with Gasteiger partial charge in [-0.25, -0.2) is 0 Å². The Morgan fingerprint density at radius 2 is 2.27 bits per heavy atom. The fraction of sp³-hybridized carbons (Fsp3) is 0.333. The van der Waals surface area contributed by atoms with Crippen LogP contribution in [0, 0.1) is 0 Å². The Morgan fingerprint density at radius 1 is 1.47 bits per heavy atom. The Bertz CT molecular complexity index is 464. The van der Waals surface area contributed by atoms with Crippen molar-refractivity contribution in [3.05, 3.63) is 29.1 Å². The second kappa shape index (κ2) is 4.21. The normalized spacial score (nSPS) is 13.0. The quantitative estimate of drug-likeness (QED) is 0.864. The summed E-state index contributed by atoms with van der Waals surface area (Å²) < 4.78 is 6.66. The van der Waals surface area contributed by atoms with Crippen LogP contribution in [0.15, 0.2) is 23.6 Å². The number of benzene rings is 1. The number of thiophene rings is 1. The van der Waals surface area contributed by atoms with E-state index < -0.39 is 0 Å². The highest BCUT2D eigenvalue weighted by atomic mass is 32.1. The second-order valence-electron chi connectivity index (χ2n) is 3.66. The predicted molar refractivity (Wildman–Crippen MR) is 65.8 cm³/mol. The summed E-state index contributed by atoms with van der Waals surface area (Å²) in [6, 6.07) is 6.14. The minimum atomic E-state index is 0.384. The smallest absolute Gasteiger partial charge is 0.127 e. The van der Waals surface area contributed by atoms with Crippen molar-refractivity contribution in [2.75, 3.05) is 13.7 Å². The summed E-state index contributed by atoms with van der Waals surface area (Å²) in [5, 5.41) is 3.41. The second-order valence-corrected chi connectivity index (χ2v) is 4.57. The number of fused-ring (bicyclic) bond motifs is 1. The Balaban J connectivity index is 2.65. The minimum Gasteiger partial charge on any atom is -0.496 e. The van der Waals surface area contributed by atoms with Gasteiger partial charge in [0.05, 0.1) is 7.11 Å². The molecule has 2 N–H and O–H groups in total. The molecular formula is C12H15NOS. The lowest BCUT2D eigenvalue weighted by atomic mass is 10.0. The molecule has 1 atom stereocenters. The van der Waals surface area contributed by atoms with Gasteiger partial charge in [-0.3, -0.25) is 0 Å². The van der Waals surface area contributed by atoms with Crippen molar-refractivity contribution in [3.8, 4) is 5.75 Å². The molecule has 0 aliphatic carbocycles. The van der Waals surface area contributed by atoms with Crippen LogP contribution in [-0.4, -0.2) is 13.7 Å².